The Morgan fingerprint density at radius 3 is 2.07 bits per heavy atom. The first kappa shape index (κ1) is 20.7. The molecular formula is C23H30N2O2. The smallest absolute Gasteiger partial charge is 0.251 e. The third-order valence-electron chi connectivity index (χ3n) is 4.56. The zero-order chi connectivity index (χ0) is 20.0. The number of anilines is 1. The third-order valence-corrected chi connectivity index (χ3v) is 4.56. The molecule has 2 aromatic carbocycles. The highest BCUT2D eigenvalue weighted by Gasteiger charge is 2.16. The summed E-state index contributed by atoms with van der Waals surface area (Å²) in [5.74, 6) is 0.395. The van der Waals surface area contributed by atoms with Crippen molar-refractivity contribution in [1.82, 2.24) is 5.32 Å². The highest BCUT2D eigenvalue weighted by Crippen LogP contribution is 2.32. The molecule has 0 atom stereocenters. The first-order chi connectivity index (χ1) is 12.8. The minimum atomic E-state index is -0.156. The van der Waals surface area contributed by atoms with E-state index in [0.29, 0.717) is 23.9 Å². The first-order valence-electron chi connectivity index (χ1n) is 9.57. The van der Waals surface area contributed by atoms with Crippen LogP contribution in [0.15, 0.2) is 42.5 Å². The summed E-state index contributed by atoms with van der Waals surface area (Å²) >= 11 is 0. The minimum Gasteiger partial charge on any atom is -0.352 e. The topological polar surface area (TPSA) is 58.2 Å². The van der Waals surface area contributed by atoms with E-state index in [1.165, 1.54) is 0 Å². The number of rotatable bonds is 7. The van der Waals surface area contributed by atoms with E-state index < -0.39 is 0 Å². The molecule has 4 nitrogen and oxygen atoms in total. The number of hydrogen-bond acceptors (Lipinski definition) is 2. The fraction of sp³-hybridized carbons (Fsp3) is 0.391. The summed E-state index contributed by atoms with van der Waals surface area (Å²) in [6, 6.07) is 13.6. The molecule has 0 saturated carbocycles. The van der Waals surface area contributed by atoms with Crippen LogP contribution in [-0.2, 0) is 4.79 Å². The number of hydrogen-bond donors (Lipinski definition) is 2. The lowest BCUT2D eigenvalue weighted by Gasteiger charge is -2.20. The molecule has 4 heteroatoms. The van der Waals surface area contributed by atoms with E-state index in [4.69, 9.17) is 0 Å². The maximum Gasteiger partial charge on any atom is 0.251 e. The van der Waals surface area contributed by atoms with Gasteiger partial charge in [-0.15, -0.1) is 0 Å². The standard InChI is InChI=1S/C23H30N2O2/c1-15(2)19-10-7-11-20(16(3)4)22(19)25-21(26)12-13-24-23(27)18-9-6-8-17(5)14-18/h6-11,14-16H,12-13H2,1-5H3,(H,24,27)(H,25,26). The van der Waals surface area contributed by atoms with Gasteiger partial charge in [0.05, 0.1) is 0 Å². The van der Waals surface area contributed by atoms with Gasteiger partial charge in [-0.2, -0.15) is 0 Å². The van der Waals surface area contributed by atoms with Crippen LogP contribution >= 0.6 is 0 Å². The zero-order valence-corrected chi connectivity index (χ0v) is 16.9. The van der Waals surface area contributed by atoms with Crippen molar-refractivity contribution in [1.29, 1.82) is 0 Å². The van der Waals surface area contributed by atoms with Crippen LogP contribution in [0.4, 0.5) is 5.69 Å². The summed E-state index contributed by atoms with van der Waals surface area (Å²) in [7, 11) is 0. The molecule has 2 rings (SSSR count). The second-order valence-corrected chi connectivity index (χ2v) is 7.54. The van der Waals surface area contributed by atoms with Crippen molar-refractivity contribution in [3.05, 3.63) is 64.7 Å². The molecule has 0 aliphatic heterocycles. The highest BCUT2D eigenvalue weighted by molar-refractivity contribution is 5.96. The summed E-state index contributed by atoms with van der Waals surface area (Å²) in [5.41, 5.74) is 4.84. The van der Waals surface area contributed by atoms with Crippen molar-refractivity contribution in [2.24, 2.45) is 0 Å². The van der Waals surface area contributed by atoms with Gasteiger partial charge in [0.1, 0.15) is 0 Å². The molecule has 2 N–H and O–H groups in total. The second-order valence-electron chi connectivity index (χ2n) is 7.54. The maximum absolute atomic E-state index is 12.5. The van der Waals surface area contributed by atoms with Gasteiger partial charge in [-0.05, 0) is 42.0 Å². The molecule has 0 heterocycles. The summed E-state index contributed by atoms with van der Waals surface area (Å²) < 4.78 is 0. The fourth-order valence-corrected chi connectivity index (χ4v) is 3.08. The van der Waals surface area contributed by atoms with Crippen LogP contribution in [0.5, 0.6) is 0 Å². The van der Waals surface area contributed by atoms with Crippen LogP contribution in [0.3, 0.4) is 0 Å². The van der Waals surface area contributed by atoms with Gasteiger partial charge < -0.3 is 10.6 Å². The predicted octanol–water partition coefficient (Wildman–Crippen LogP) is 5.00. The second kappa shape index (κ2) is 9.36. The van der Waals surface area contributed by atoms with Gasteiger partial charge in [-0.3, -0.25) is 9.59 Å². The van der Waals surface area contributed by atoms with Gasteiger partial charge >= 0.3 is 0 Å². The summed E-state index contributed by atoms with van der Waals surface area (Å²) in [6.07, 6.45) is 0.238. The number of carbonyl (C=O) groups is 2. The minimum absolute atomic E-state index is 0.0884. The molecule has 2 aromatic rings. The molecule has 27 heavy (non-hydrogen) atoms. The summed E-state index contributed by atoms with van der Waals surface area (Å²) in [5, 5.41) is 5.89. The zero-order valence-electron chi connectivity index (χ0n) is 16.9. The Bertz CT molecular complexity index is 784. The van der Waals surface area contributed by atoms with Crippen LogP contribution in [0.1, 0.15) is 73.0 Å². The van der Waals surface area contributed by atoms with Crippen molar-refractivity contribution in [2.75, 3.05) is 11.9 Å². The molecule has 0 unspecified atom stereocenters. The molecule has 0 bridgehead atoms. The third kappa shape index (κ3) is 5.68. The Morgan fingerprint density at radius 1 is 0.926 bits per heavy atom. The maximum atomic E-state index is 12.5. The normalized spacial score (nSPS) is 10.9. The molecule has 0 fully saturated rings. The molecule has 144 valence electrons. The molecular weight excluding hydrogens is 336 g/mol. The van der Waals surface area contributed by atoms with Gasteiger partial charge in [0, 0.05) is 24.2 Å². The van der Waals surface area contributed by atoms with Crippen LogP contribution in [0.2, 0.25) is 0 Å². The predicted molar refractivity (Wildman–Crippen MR) is 111 cm³/mol. The van der Waals surface area contributed by atoms with E-state index in [1.54, 1.807) is 6.07 Å². The molecule has 0 saturated heterocycles. The van der Waals surface area contributed by atoms with Crippen LogP contribution in [-0.4, -0.2) is 18.4 Å². The largest absolute Gasteiger partial charge is 0.352 e. The molecule has 0 radical (unpaired) electrons. The van der Waals surface area contributed by atoms with E-state index in [-0.39, 0.29) is 18.2 Å². The number of carbonyl (C=O) groups excluding carboxylic acids is 2. The van der Waals surface area contributed by atoms with Gasteiger partial charge in [-0.1, -0.05) is 63.6 Å². The van der Waals surface area contributed by atoms with Gasteiger partial charge in [-0.25, -0.2) is 0 Å². The Kier molecular flexibility index (Phi) is 7.17. The lowest BCUT2D eigenvalue weighted by Crippen LogP contribution is -2.28. The van der Waals surface area contributed by atoms with Crippen molar-refractivity contribution >= 4 is 17.5 Å². The quantitative estimate of drug-likeness (QED) is 0.724. The number of para-hydroxylation sites is 1. The fourth-order valence-electron chi connectivity index (χ4n) is 3.08. The lowest BCUT2D eigenvalue weighted by molar-refractivity contribution is -0.116. The van der Waals surface area contributed by atoms with Crippen molar-refractivity contribution < 1.29 is 9.59 Å². The average molecular weight is 367 g/mol. The van der Waals surface area contributed by atoms with E-state index in [0.717, 1.165) is 22.4 Å². The number of amides is 2. The number of aryl methyl sites for hydroxylation is 1. The van der Waals surface area contributed by atoms with Gasteiger partial charge in [0.2, 0.25) is 5.91 Å². The van der Waals surface area contributed by atoms with Crippen molar-refractivity contribution in [3.63, 3.8) is 0 Å². The Balaban J connectivity index is 1.99. The van der Waals surface area contributed by atoms with Gasteiger partial charge in [0.25, 0.3) is 5.91 Å². The lowest BCUT2D eigenvalue weighted by atomic mass is 9.92. The van der Waals surface area contributed by atoms with Crippen LogP contribution in [0, 0.1) is 6.92 Å². The highest BCUT2D eigenvalue weighted by atomic mass is 16.2. The summed E-state index contributed by atoms with van der Waals surface area (Å²) in [6.45, 7) is 10.7. The molecule has 0 aromatic heterocycles. The molecule has 0 aliphatic rings. The van der Waals surface area contributed by atoms with Crippen molar-refractivity contribution in [3.8, 4) is 0 Å². The first-order valence-corrected chi connectivity index (χ1v) is 9.57. The number of benzene rings is 2. The number of nitrogens with one attached hydrogen (secondary N) is 2. The van der Waals surface area contributed by atoms with Crippen molar-refractivity contribution in [2.45, 2.75) is 52.9 Å². The SMILES string of the molecule is Cc1cccc(C(=O)NCCC(=O)Nc2c(C(C)C)cccc2C(C)C)c1. The Hall–Kier alpha value is -2.62. The van der Waals surface area contributed by atoms with Crippen LogP contribution < -0.4 is 10.6 Å². The monoisotopic (exact) mass is 366 g/mol. The molecule has 0 spiro atoms. The Morgan fingerprint density at radius 2 is 1.52 bits per heavy atom. The van der Waals surface area contributed by atoms with E-state index in [1.807, 2.05) is 31.2 Å². The average Bonchev–Trinajstić information content (AvgIpc) is 2.61. The van der Waals surface area contributed by atoms with Crippen LogP contribution in [0.25, 0.3) is 0 Å². The summed E-state index contributed by atoms with van der Waals surface area (Å²) in [4.78, 5) is 24.7. The Labute approximate surface area is 162 Å². The van der Waals surface area contributed by atoms with Gasteiger partial charge in [0.15, 0.2) is 0 Å². The van der Waals surface area contributed by atoms with E-state index in [9.17, 15) is 9.59 Å². The molecule has 2 amide bonds. The molecule has 0 aliphatic carbocycles. The van der Waals surface area contributed by atoms with E-state index in [2.05, 4.69) is 50.5 Å². The van der Waals surface area contributed by atoms with E-state index >= 15 is 0 Å².